The van der Waals surface area contributed by atoms with Gasteiger partial charge in [0.15, 0.2) is 0 Å². The van der Waals surface area contributed by atoms with Crippen LogP contribution < -0.4 is 0 Å². The van der Waals surface area contributed by atoms with Crippen LogP contribution in [0.3, 0.4) is 0 Å². The molecule has 0 amide bonds. The van der Waals surface area contributed by atoms with Crippen LogP contribution in [0.4, 0.5) is 0 Å². The summed E-state index contributed by atoms with van der Waals surface area (Å²) in [4.78, 5) is 21.7. The second-order valence-electron chi connectivity index (χ2n) is 4.00. The zero-order chi connectivity index (χ0) is 12.0. The van der Waals surface area contributed by atoms with Crippen LogP contribution in [0.5, 0.6) is 0 Å². The van der Waals surface area contributed by atoms with Crippen molar-refractivity contribution in [3.63, 3.8) is 0 Å². The Bertz CT molecular complexity index is 283. The van der Waals surface area contributed by atoms with Crippen molar-refractivity contribution in [1.29, 1.82) is 0 Å². The van der Waals surface area contributed by atoms with E-state index < -0.39 is 0 Å². The summed E-state index contributed by atoms with van der Waals surface area (Å²) in [6, 6.07) is 0. The van der Waals surface area contributed by atoms with Gasteiger partial charge < -0.3 is 9.47 Å². The van der Waals surface area contributed by atoms with Gasteiger partial charge in [0.1, 0.15) is 12.7 Å². The van der Waals surface area contributed by atoms with Crippen molar-refractivity contribution in [3.05, 3.63) is 12.2 Å². The highest BCUT2D eigenvalue weighted by Crippen LogP contribution is 2.24. The molecule has 0 saturated carbocycles. The molecule has 0 saturated heterocycles. The SMILES string of the molecule is CC(=O)OCC(OC(C)=O)C1CC=CCC1. The van der Waals surface area contributed by atoms with Crippen molar-refractivity contribution in [1.82, 2.24) is 0 Å². The van der Waals surface area contributed by atoms with Gasteiger partial charge in [-0.25, -0.2) is 0 Å². The summed E-state index contributed by atoms with van der Waals surface area (Å²) in [7, 11) is 0. The van der Waals surface area contributed by atoms with Crippen molar-refractivity contribution in [2.75, 3.05) is 6.61 Å². The zero-order valence-electron chi connectivity index (χ0n) is 9.77. The fraction of sp³-hybridized carbons (Fsp3) is 0.667. The van der Waals surface area contributed by atoms with Crippen LogP contribution in [0, 0.1) is 5.92 Å². The summed E-state index contributed by atoms with van der Waals surface area (Å²) in [5, 5.41) is 0. The van der Waals surface area contributed by atoms with Crippen molar-refractivity contribution in [2.24, 2.45) is 5.92 Å². The van der Waals surface area contributed by atoms with Gasteiger partial charge in [0.2, 0.25) is 0 Å². The maximum atomic E-state index is 11.0. The minimum atomic E-state index is -0.344. The number of carbonyl (C=O) groups is 2. The minimum absolute atomic E-state index is 0.160. The lowest BCUT2D eigenvalue weighted by molar-refractivity contribution is -0.159. The van der Waals surface area contributed by atoms with Gasteiger partial charge in [-0.1, -0.05) is 12.2 Å². The molecular formula is C12H18O4. The molecule has 0 radical (unpaired) electrons. The van der Waals surface area contributed by atoms with Gasteiger partial charge in [-0.2, -0.15) is 0 Å². The number of allylic oxidation sites excluding steroid dienone is 2. The van der Waals surface area contributed by atoms with Crippen LogP contribution in [0.15, 0.2) is 12.2 Å². The number of ether oxygens (including phenoxy) is 2. The van der Waals surface area contributed by atoms with E-state index in [1.165, 1.54) is 13.8 Å². The van der Waals surface area contributed by atoms with Gasteiger partial charge in [0, 0.05) is 19.8 Å². The number of hydrogen-bond acceptors (Lipinski definition) is 4. The highest BCUT2D eigenvalue weighted by molar-refractivity contribution is 5.67. The molecule has 0 bridgehead atoms. The Morgan fingerprint density at radius 2 is 2.06 bits per heavy atom. The Labute approximate surface area is 95.6 Å². The van der Waals surface area contributed by atoms with Crippen LogP contribution >= 0.6 is 0 Å². The van der Waals surface area contributed by atoms with Crippen LogP contribution in [0.25, 0.3) is 0 Å². The highest BCUT2D eigenvalue weighted by atomic mass is 16.6. The van der Waals surface area contributed by atoms with Gasteiger partial charge in [-0.05, 0) is 19.3 Å². The third-order valence-corrected chi connectivity index (χ3v) is 2.60. The van der Waals surface area contributed by atoms with Crippen LogP contribution in [-0.2, 0) is 19.1 Å². The Balaban J connectivity index is 2.51. The molecule has 0 aromatic heterocycles. The topological polar surface area (TPSA) is 52.6 Å². The quantitative estimate of drug-likeness (QED) is 0.542. The fourth-order valence-corrected chi connectivity index (χ4v) is 1.83. The molecule has 1 aliphatic rings. The van der Waals surface area contributed by atoms with Gasteiger partial charge in [-0.3, -0.25) is 9.59 Å². The van der Waals surface area contributed by atoms with Crippen molar-refractivity contribution < 1.29 is 19.1 Å². The molecular weight excluding hydrogens is 208 g/mol. The lowest BCUT2D eigenvalue weighted by Crippen LogP contribution is -2.32. The maximum absolute atomic E-state index is 11.0. The predicted molar refractivity (Wildman–Crippen MR) is 58.7 cm³/mol. The van der Waals surface area contributed by atoms with E-state index in [1.807, 2.05) is 0 Å². The van der Waals surface area contributed by atoms with E-state index >= 15 is 0 Å². The molecule has 0 aliphatic heterocycles. The van der Waals surface area contributed by atoms with Gasteiger partial charge >= 0.3 is 11.9 Å². The van der Waals surface area contributed by atoms with Crippen molar-refractivity contribution >= 4 is 11.9 Å². The average molecular weight is 226 g/mol. The molecule has 1 aliphatic carbocycles. The maximum Gasteiger partial charge on any atom is 0.303 e. The van der Waals surface area contributed by atoms with Gasteiger partial charge in [0.25, 0.3) is 0 Å². The molecule has 16 heavy (non-hydrogen) atoms. The van der Waals surface area contributed by atoms with E-state index in [9.17, 15) is 9.59 Å². The lowest BCUT2D eigenvalue weighted by Gasteiger charge is -2.26. The van der Waals surface area contributed by atoms with E-state index in [4.69, 9.17) is 9.47 Å². The van der Waals surface area contributed by atoms with E-state index in [-0.39, 0.29) is 30.6 Å². The summed E-state index contributed by atoms with van der Waals surface area (Å²) >= 11 is 0. The molecule has 1 rings (SSSR count). The monoisotopic (exact) mass is 226 g/mol. The lowest BCUT2D eigenvalue weighted by atomic mass is 9.89. The average Bonchev–Trinajstić information content (AvgIpc) is 2.25. The first-order valence-electron chi connectivity index (χ1n) is 5.55. The number of carbonyl (C=O) groups excluding carboxylic acids is 2. The highest BCUT2D eigenvalue weighted by Gasteiger charge is 2.25. The Kier molecular flexibility index (Phi) is 5.02. The van der Waals surface area contributed by atoms with Gasteiger partial charge in [0.05, 0.1) is 0 Å². The minimum Gasteiger partial charge on any atom is -0.462 e. The van der Waals surface area contributed by atoms with E-state index in [0.29, 0.717) is 0 Å². The Hall–Kier alpha value is -1.32. The molecule has 4 nitrogen and oxygen atoms in total. The molecule has 90 valence electrons. The van der Waals surface area contributed by atoms with Gasteiger partial charge in [-0.15, -0.1) is 0 Å². The van der Waals surface area contributed by atoms with Crippen LogP contribution in [-0.4, -0.2) is 24.6 Å². The standard InChI is InChI=1S/C12H18O4/c1-9(13)15-8-12(16-10(2)14)11-6-4-3-5-7-11/h3-4,11-12H,5-8H2,1-2H3. The summed E-state index contributed by atoms with van der Waals surface area (Å²) < 4.78 is 10.1. The largest absolute Gasteiger partial charge is 0.462 e. The third kappa shape index (κ3) is 4.47. The second kappa shape index (κ2) is 6.30. The summed E-state index contributed by atoms with van der Waals surface area (Å²) in [5.74, 6) is -0.413. The Morgan fingerprint density at radius 1 is 1.31 bits per heavy atom. The molecule has 2 unspecified atom stereocenters. The molecule has 0 N–H and O–H groups in total. The molecule has 0 heterocycles. The van der Waals surface area contributed by atoms with E-state index in [0.717, 1.165) is 19.3 Å². The number of rotatable bonds is 4. The predicted octanol–water partition coefficient (Wildman–Crippen LogP) is 1.84. The van der Waals surface area contributed by atoms with Crippen molar-refractivity contribution in [2.45, 2.75) is 39.2 Å². The first-order chi connectivity index (χ1) is 7.59. The normalized spacial score (nSPS) is 21.2. The summed E-state index contributed by atoms with van der Waals surface area (Å²) in [5.41, 5.74) is 0. The number of hydrogen-bond donors (Lipinski definition) is 0. The molecule has 0 spiro atoms. The summed E-state index contributed by atoms with van der Waals surface area (Å²) in [6.45, 7) is 2.89. The fourth-order valence-electron chi connectivity index (χ4n) is 1.83. The first kappa shape index (κ1) is 12.7. The Morgan fingerprint density at radius 3 is 2.56 bits per heavy atom. The first-order valence-corrected chi connectivity index (χ1v) is 5.55. The molecule has 2 atom stereocenters. The van der Waals surface area contributed by atoms with E-state index in [2.05, 4.69) is 12.2 Å². The smallest absolute Gasteiger partial charge is 0.303 e. The molecule has 4 heteroatoms. The van der Waals surface area contributed by atoms with Crippen LogP contribution in [0.2, 0.25) is 0 Å². The second-order valence-corrected chi connectivity index (χ2v) is 4.00. The van der Waals surface area contributed by atoms with E-state index in [1.54, 1.807) is 0 Å². The number of esters is 2. The molecule has 0 fully saturated rings. The zero-order valence-corrected chi connectivity index (χ0v) is 9.77. The van der Waals surface area contributed by atoms with Crippen molar-refractivity contribution in [3.8, 4) is 0 Å². The summed E-state index contributed by atoms with van der Waals surface area (Å²) in [6.07, 6.45) is 6.72. The molecule has 0 aromatic rings. The van der Waals surface area contributed by atoms with Crippen LogP contribution in [0.1, 0.15) is 33.1 Å². The third-order valence-electron chi connectivity index (χ3n) is 2.60. The molecule has 0 aromatic carbocycles.